The van der Waals surface area contributed by atoms with Gasteiger partial charge in [0.2, 0.25) is 0 Å². The minimum atomic E-state index is 0.0398. The second kappa shape index (κ2) is 6.70. The smallest absolute Gasteiger partial charge is 0.113 e. The molecule has 0 aliphatic heterocycles. The maximum absolute atomic E-state index is 7.26. The van der Waals surface area contributed by atoms with Gasteiger partial charge in [-0.15, -0.1) is 0 Å². The first-order valence-corrected chi connectivity index (χ1v) is 7.27. The number of nitrogens with two attached hydrogens (primary N) is 1. The van der Waals surface area contributed by atoms with E-state index in [9.17, 15) is 0 Å². The Morgan fingerprint density at radius 3 is 2.39 bits per heavy atom. The van der Waals surface area contributed by atoms with Crippen molar-refractivity contribution in [1.29, 1.82) is 5.41 Å². The van der Waals surface area contributed by atoms with Crippen LogP contribution in [0.15, 0.2) is 71.9 Å². The Kier molecular flexibility index (Phi) is 4.29. The summed E-state index contributed by atoms with van der Waals surface area (Å²) in [6, 6.07) is 19.9. The highest BCUT2D eigenvalue weighted by Gasteiger charge is 2.10. The van der Waals surface area contributed by atoms with Crippen molar-refractivity contribution >= 4 is 12.1 Å². The fourth-order valence-electron chi connectivity index (χ4n) is 2.26. The van der Waals surface area contributed by atoms with Gasteiger partial charge in [-0.05, 0) is 12.1 Å². The minimum absolute atomic E-state index is 0.0398. The average molecular weight is 303 g/mol. The molecule has 0 radical (unpaired) electrons. The molecular weight excluding hydrogens is 286 g/mol. The summed E-state index contributed by atoms with van der Waals surface area (Å²) in [5, 5.41) is 11.9. The molecule has 2 aromatic carbocycles. The summed E-state index contributed by atoms with van der Waals surface area (Å²) in [7, 11) is 0. The molecule has 3 rings (SSSR count). The van der Waals surface area contributed by atoms with Crippen LogP contribution in [-0.4, -0.2) is 28.4 Å². The van der Waals surface area contributed by atoms with E-state index in [-0.39, 0.29) is 12.4 Å². The predicted octanol–water partition coefficient (Wildman–Crippen LogP) is 2.89. The molecule has 0 saturated carbocycles. The molecule has 23 heavy (non-hydrogen) atoms. The maximum atomic E-state index is 7.26. The molecule has 0 unspecified atom stereocenters. The average Bonchev–Trinajstić information content (AvgIpc) is 3.00. The van der Waals surface area contributed by atoms with Crippen molar-refractivity contribution in [3.05, 3.63) is 72.4 Å². The van der Waals surface area contributed by atoms with Crippen LogP contribution in [0, 0.1) is 5.41 Å². The lowest BCUT2D eigenvalue weighted by Gasteiger charge is -2.00. The molecule has 114 valence electrons. The summed E-state index contributed by atoms with van der Waals surface area (Å²) in [4.78, 5) is 4.21. The van der Waals surface area contributed by atoms with Crippen LogP contribution in [0.5, 0.6) is 0 Å². The predicted molar refractivity (Wildman–Crippen MR) is 93.4 cm³/mol. The Morgan fingerprint density at radius 1 is 1.09 bits per heavy atom. The largest absolute Gasteiger partial charge is 0.386 e. The second-order valence-corrected chi connectivity index (χ2v) is 5.07. The van der Waals surface area contributed by atoms with Crippen molar-refractivity contribution in [3.8, 4) is 16.9 Å². The molecule has 0 aliphatic rings. The molecule has 0 saturated heterocycles. The normalized spacial score (nSPS) is 11.0. The zero-order chi connectivity index (χ0) is 16.1. The molecule has 5 heteroatoms. The lowest BCUT2D eigenvalue weighted by atomic mass is 10.1. The van der Waals surface area contributed by atoms with E-state index < -0.39 is 0 Å². The third-order valence-corrected chi connectivity index (χ3v) is 3.30. The van der Waals surface area contributed by atoms with Crippen molar-refractivity contribution in [2.75, 3.05) is 6.54 Å². The van der Waals surface area contributed by atoms with Crippen LogP contribution in [0.25, 0.3) is 16.9 Å². The fraction of sp³-hybridized carbons (Fsp3) is 0.0556. The number of nitrogens with one attached hydrogen (secondary N) is 1. The first-order chi connectivity index (χ1) is 11.2. The Bertz CT molecular complexity index is 819. The monoisotopic (exact) mass is 303 g/mol. The topological polar surface area (TPSA) is 80.0 Å². The van der Waals surface area contributed by atoms with Gasteiger partial charge in [0.05, 0.1) is 12.2 Å². The van der Waals surface area contributed by atoms with Crippen LogP contribution in [0.4, 0.5) is 0 Å². The van der Waals surface area contributed by atoms with E-state index in [1.54, 1.807) is 6.21 Å². The molecule has 5 nitrogen and oxygen atoms in total. The number of aromatic nitrogens is 2. The Labute approximate surface area is 134 Å². The molecule has 0 fully saturated rings. The van der Waals surface area contributed by atoms with Crippen molar-refractivity contribution in [2.24, 2.45) is 10.7 Å². The van der Waals surface area contributed by atoms with E-state index in [4.69, 9.17) is 11.1 Å². The van der Waals surface area contributed by atoms with Gasteiger partial charge in [0, 0.05) is 23.5 Å². The lowest BCUT2D eigenvalue weighted by Crippen LogP contribution is -2.13. The van der Waals surface area contributed by atoms with Crippen LogP contribution in [0.2, 0.25) is 0 Å². The zero-order valence-electron chi connectivity index (χ0n) is 12.6. The molecule has 0 atom stereocenters. The number of nitrogens with zero attached hydrogens (tertiary/aromatic N) is 3. The van der Waals surface area contributed by atoms with Gasteiger partial charge in [-0.25, -0.2) is 4.68 Å². The molecule has 0 spiro atoms. The number of amidine groups is 1. The molecule has 0 amide bonds. The van der Waals surface area contributed by atoms with E-state index in [1.807, 2.05) is 71.5 Å². The quantitative estimate of drug-likeness (QED) is 0.561. The van der Waals surface area contributed by atoms with Crippen LogP contribution in [0.1, 0.15) is 5.56 Å². The molecule has 1 heterocycles. The standard InChI is InChI=1S/C18H17N5/c19-17(20)12-21-11-15-13-23(16-9-5-2-6-10-16)22-18(15)14-7-3-1-4-8-14/h1-11,13H,12H2,(H3,19,20). The van der Waals surface area contributed by atoms with Gasteiger partial charge in [0.1, 0.15) is 11.5 Å². The Hall–Kier alpha value is -3.21. The van der Waals surface area contributed by atoms with Gasteiger partial charge in [-0.2, -0.15) is 5.10 Å². The van der Waals surface area contributed by atoms with Crippen molar-refractivity contribution in [2.45, 2.75) is 0 Å². The number of benzene rings is 2. The summed E-state index contributed by atoms with van der Waals surface area (Å²) in [6.45, 7) is 0.185. The SMILES string of the molecule is N=C(N)CN=Cc1cn(-c2ccccc2)nc1-c1ccccc1. The zero-order valence-corrected chi connectivity index (χ0v) is 12.6. The van der Waals surface area contributed by atoms with Crippen molar-refractivity contribution < 1.29 is 0 Å². The number of para-hydroxylation sites is 1. The van der Waals surface area contributed by atoms with Gasteiger partial charge >= 0.3 is 0 Å². The Morgan fingerprint density at radius 2 is 1.74 bits per heavy atom. The van der Waals surface area contributed by atoms with Crippen LogP contribution < -0.4 is 5.73 Å². The van der Waals surface area contributed by atoms with E-state index in [1.165, 1.54) is 0 Å². The maximum Gasteiger partial charge on any atom is 0.113 e. The fourth-order valence-corrected chi connectivity index (χ4v) is 2.26. The first-order valence-electron chi connectivity index (χ1n) is 7.27. The lowest BCUT2D eigenvalue weighted by molar-refractivity contribution is 0.884. The molecule has 0 aliphatic carbocycles. The number of aliphatic imine (C=N–C) groups is 1. The number of rotatable bonds is 5. The molecule has 1 aromatic heterocycles. The third kappa shape index (κ3) is 3.52. The van der Waals surface area contributed by atoms with E-state index in [0.717, 1.165) is 22.5 Å². The highest BCUT2D eigenvalue weighted by Crippen LogP contribution is 2.22. The van der Waals surface area contributed by atoms with Gasteiger partial charge in [-0.1, -0.05) is 48.5 Å². The number of hydrogen-bond acceptors (Lipinski definition) is 3. The van der Waals surface area contributed by atoms with Crippen LogP contribution >= 0.6 is 0 Å². The summed E-state index contributed by atoms with van der Waals surface area (Å²) < 4.78 is 1.83. The molecule has 0 bridgehead atoms. The highest BCUT2D eigenvalue weighted by atomic mass is 15.3. The highest BCUT2D eigenvalue weighted by molar-refractivity contribution is 5.90. The minimum Gasteiger partial charge on any atom is -0.386 e. The summed E-state index contributed by atoms with van der Waals surface area (Å²) in [5.41, 5.74) is 9.09. The van der Waals surface area contributed by atoms with Crippen molar-refractivity contribution in [3.63, 3.8) is 0 Å². The van der Waals surface area contributed by atoms with E-state index in [2.05, 4.69) is 10.1 Å². The molecule has 3 N–H and O–H groups in total. The van der Waals surface area contributed by atoms with Gasteiger partial charge in [0.15, 0.2) is 0 Å². The summed E-state index contributed by atoms with van der Waals surface area (Å²) in [5.74, 6) is 0.0398. The molecular formula is C18H17N5. The van der Waals surface area contributed by atoms with Crippen LogP contribution in [0.3, 0.4) is 0 Å². The second-order valence-electron chi connectivity index (χ2n) is 5.07. The van der Waals surface area contributed by atoms with Gasteiger partial charge < -0.3 is 5.73 Å². The summed E-state index contributed by atoms with van der Waals surface area (Å²) >= 11 is 0. The Balaban J connectivity index is 2.03. The molecule has 3 aromatic rings. The number of hydrogen-bond donors (Lipinski definition) is 2. The third-order valence-electron chi connectivity index (χ3n) is 3.30. The van der Waals surface area contributed by atoms with Crippen LogP contribution in [-0.2, 0) is 0 Å². The summed E-state index contributed by atoms with van der Waals surface area (Å²) in [6.07, 6.45) is 3.65. The first kappa shape index (κ1) is 14.7. The van der Waals surface area contributed by atoms with E-state index in [0.29, 0.717) is 0 Å². The van der Waals surface area contributed by atoms with E-state index >= 15 is 0 Å². The van der Waals surface area contributed by atoms with Crippen molar-refractivity contribution in [1.82, 2.24) is 9.78 Å². The van der Waals surface area contributed by atoms with Gasteiger partial charge in [0.25, 0.3) is 0 Å². The van der Waals surface area contributed by atoms with Gasteiger partial charge in [-0.3, -0.25) is 10.4 Å².